The lowest BCUT2D eigenvalue weighted by Gasteiger charge is -2.34. The average molecular weight is 304 g/mol. The summed E-state index contributed by atoms with van der Waals surface area (Å²) in [4.78, 5) is 22.4. The highest BCUT2D eigenvalue weighted by Crippen LogP contribution is 2.28. The first-order valence-electron chi connectivity index (χ1n) is 8.33. The fraction of sp³-hybridized carbons (Fsp3) is 1.00. The zero-order valence-corrected chi connectivity index (χ0v) is 15.4. The normalized spacial score (nSPS) is 13.7. The Kier molecular flexibility index (Phi) is 9.02. The van der Waals surface area contributed by atoms with Crippen LogP contribution in [0.4, 0.5) is 0 Å². The van der Waals surface area contributed by atoms with Crippen molar-refractivity contribution in [1.82, 2.24) is 0 Å². The van der Waals surface area contributed by atoms with Gasteiger partial charge in [-0.1, -0.05) is 40.0 Å². The van der Waals surface area contributed by atoms with Crippen molar-refractivity contribution in [3.63, 3.8) is 0 Å². The maximum Gasteiger partial charge on any atom is 0.231 e. The Morgan fingerprint density at radius 2 is 0.857 bits per heavy atom. The molecule has 4 nitrogen and oxygen atoms in total. The van der Waals surface area contributed by atoms with Crippen molar-refractivity contribution in [1.29, 1.82) is 0 Å². The molecule has 0 fully saturated rings. The van der Waals surface area contributed by atoms with E-state index in [4.69, 9.17) is 19.6 Å². The Bertz CT molecular complexity index is 252. The minimum absolute atomic E-state index is 0.327. The molecule has 0 heterocycles. The summed E-state index contributed by atoms with van der Waals surface area (Å²) in [7, 11) is 0. The maximum atomic E-state index is 5.61. The molecule has 0 aromatic heterocycles. The van der Waals surface area contributed by atoms with Crippen LogP contribution in [0.15, 0.2) is 0 Å². The summed E-state index contributed by atoms with van der Waals surface area (Å²) in [5.41, 5.74) is -0.655. The Balaban J connectivity index is 4.55. The van der Waals surface area contributed by atoms with E-state index < -0.39 is 5.79 Å². The zero-order valence-electron chi connectivity index (χ0n) is 15.4. The standard InChI is InChI=1S/C17H36O4/c1-9-12-15(4,5)18-20-17(8,14-11-3)21-19-16(6,7)13-10-2/h9-14H2,1-8H3. The van der Waals surface area contributed by atoms with Crippen LogP contribution in [0.3, 0.4) is 0 Å². The van der Waals surface area contributed by atoms with Gasteiger partial charge < -0.3 is 0 Å². The van der Waals surface area contributed by atoms with Gasteiger partial charge >= 0.3 is 0 Å². The summed E-state index contributed by atoms with van der Waals surface area (Å²) in [6.45, 7) is 16.3. The van der Waals surface area contributed by atoms with E-state index in [-0.39, 0.29) is 11.2 Å². The quantitative estimate of drug-likeness (QED) is 0.269. The van der Waals surface area contributed by atoms with Crippen LogP contribution in [0, 0.1) is 0 Å². The van der Waals surface area contributed by atoms with Crippen LogP contribution < -0.4 is 0 Å². The largest absolute Gasteiger partial charge is 0.231 e. The molecule has 0 atom stereocenters. The topological polar surface area (TPSA) is 36.9 Å². The second-order valence-electron chi connectivity index (χ2n) is 7.24. The highest BCUT2D eigenvalue weighted by atomic mass is 17.3. The van der Waals surface area contributed by atoms with E-state index in [0.29, 0.717) is 6.42 Å². The van der Waals surface area contributed by atoms with Crippen molar-refractivity contribution < 1.29 is 19.6 Å². The molecular weight excluding hydrogens is 268 g/mol. The lowest BCUT2D eigenvalue weighted by Crippen LogP contribution is -2.39. The fourth-order valence-corrected chi connectivity index (χ4v) is 2.24. The van der Waals surface area contributed by atoms with E-state index >= 15 is 0 Å². The molecule has 0 N–H and O–H groups in total. The molecule has 0 bridgehead atoms. The lowest BCUT2D eigenvalue weighted by atomic mass is 10.0. The molecule has 0 radical (unpaired) electrons. The molecule has 0 aromatic carbocycles. The number of hydrogen-bond donors (Lipinski definition) is 0. The highest BCUT2D eigenvalue weighted by Gasteiger charge is 2.34. The van der Waals surface area contributed by atoms with Gasteiger partial charge in [-0.15, -0.1) is 0 Å². The van der Waals surface area contributed by atoms with E-state index in [1.165, 1.54) is 0 Å². The first-order chi connectivity index (χ1) is 9.60. The van der Waals surface area contributed by atoms with Crippen molar-refractivity contribution in [2.24, 2.45) is 0 Å². The predicted molar refractivity (Wildman–Crippen MR) is 85.6 cm³/mol. The van der Waals surface area contributed by atoms with E-state index in [0.717, 1.165) is 32.1 Å². The van der Waals surface area contributed by atoms with Crippen LogP contribution >= 0.6 is 0 Å². The molecule has 0 spiro atoms. The Labute approximate surface area is 131 Å². The fourth-order valence-electron chi connectivity index (χ4n) is 2.24. The average Bonchev–Trinajstić information content (AvgIpc) is 2.35. The van der Waals surface area contributed by atoms with E-state index in [1.807, 2.05) is 34.6 Å². The van der Waals surface area contributed by atoms with E-state index in [1.54, 1.807) is 0 Å². The molecule has 0 aliphatic carbocycles. The van der Waals surface area contributed by atoms with Crippen LogP contribution in [0.25, 0.3) is 0 Å². The molecule has 0 saturated heterocycles. The van der Waals surface area contributed by atoms with Gasteiger partial charge in [0.25, 0.3) is 0 Å². The van der Waals surface area contributed by atoms with E-state index in [2.05, 4.69) is 20.8 Å². The third kappa shape index (κ3) is 9.46. The molecule has 0 aliphatic rings. The van der Waals surface area contributed by atoms with Crippen molar-refractivity contribution in [3.8, 4) is 0 Å². The molecule has 4 heteroatoms. The Morgan fingerprint density at radius 3 is 1.14 bits per heavy atom. The molecule has 0 rings (SSSR count). The van der Waals surface area contributed by atoms with Crippen LogP contribution in [0.2, 0.25) is 0 Å². The molecule has 128 valence electrons. The van der Waals surface area contributed by atoms with Gasteiger partial charge in [-0.2, -0.15) is 9.78 Å². The second kappa shape index (κ2) is 9.09. The van der Waals surface area contributed by atoms with Gasteiger partial charge in [0.1, 0.15) is 0 Å². The van der Waals surface area contributed by atoms with Gasteiger partial charge in [-0.3, -0.25) is 0 Å². The monoisotopic (exact) mass is 304 g/mol. The molecule has 21 heavy (non-hydrogen) atoms. The summed E-state index contributed by atoms with van der Waals surface area (Å²) in [6, 6.07) is 0. The van der Waals surface area contributed by atoms with Crippen molar-refractivity contribution in [2.75, 3.05) is 0 Å². The first kappa shape index (κ1) is 20.8. The SMILES string of the molecule is CCCC(C)(C)OOC(C)(CCC)OOC(C)(C)CCC. The third-order valence-electron chi connectivity index (χ3n) is 3.30. The van der Waals surface area contributed by atoms with Crippen molar-refractivity contribution in [2.45, 2.75) is 111 Å². The van der Waals surface area contributed by atoms with Crippen LogP contribution in [0.5, 0.6) is 0 Å². The highest BCUT2D eigenvalue weighted by molar-refractivity contribution is 4.68. The minimum Gasteiger partial charge on any atom is -0.228 e. The van der Waals surface area contributed by atoms with E-state index in [9.17, 15) is 0 Å². The van der Waals surface area contributed by atoms with Crippen molar-refractivity contribution in [3.05, 3.63) is 0 Å². The zero-order chi connectivity index (χ0) is 16.6. The molecule has 0 aliphatic heterocycles. The smallest absolute Gasteiger partial charge is 0.228 e. The summed E-state index contributed by atoms with van der Waals surface area (Å²) < 4.78 is 0. The lowest BCUT2D eigenvalue weighted by molar-refractivity contribution is -0.540. The van der Waals surface area contributed by atoms with Crippen LogP contribution in [0.1, 0.15) is 93.9 Å². The van der Waals surface area contributed by atoms with Gasteiger partial charge in [0.05, 0.1) is 11.2 Å². The Morgan fingerprint density at radius 1 is 0.524 bits per heavy atom. The molecule has 0 unspecified atom stereocenters. The molecule has 0 aromatic rings. The number of hydrogen-bond acceptors (Lipinski definition) is 4. The van der Waals surface area contributed by atoms with Gasteiger partial charge in [0, 0.05) is 6.42 Å². The summed E-state index contributed by atoms with van der Waals surface area (Å²) >= 11 is 0. The Hall–Kier alpha value is -0.160. The van der Waals surface area contributed by atoms with Gasteiger partial charge in [0.2, 0.25) is 5.79 Å². The van der Waals surface area contributed by atoms with Gasteiger partial charge in [0.15, 0.2) is 0 Å². The predicted octanol–water partition coefficient (Wildman–Crippen LogP) is 5.56. The van der Waals surface area contributed by atoms with Gasteiger partial charge in [-0.25, -0.2) is 9.78 Å². The molecule has 0 amide bonds. The molecular formula is C17H36O4. The van der Waals surface area contributed by atoms with Crippen LogP contribution in [-0.4, -0.2) is 17.0 Å². The summed E-state index contributed by atoms with van der Waals surface area (Å²) in [5.74, 6) is -0.884. The first-order valence-corrected chi connectivity index (χ1v) is 8.33. The number of rotatable bonds is 12. The summed E-state index contributed by atoms with van der Waals surface area (Å²) in [5, 5.41) is 0. The summed E-state index contributed by atoms with van der Waals surface area (Å²) in [6.07, 6.45) is 5.57. The second-order valence-corrected chi connectivity index (χ2v) is 7.24. The minimum atomic E-state index is -0.884. The van der Waals surface area contributed by atoms with Crippen molar-refractivity contribution >= 4 is 0 Å². The van der Waals surface area contributed by atoms with Gasteiger partial charge in [-0.05, 0) is 47.5 Å². The third-order valence-corrected chi connectivity index (χ3v) is 3.30. The van der Waals surface area contributed by atoms with Crippen LogP contribution in [-0.2, 0) is 19.6 Å². The molecule has 0 saturated carbocycles. The maximum absolute atomic E-state index is 5.61.